The molecule has 0 saturated carbocycles. The van der Waals surface area contributed by atoms with Crippen molar-refractivity contribution in [3.05, 3.63) is 29.6 Å². The summed E-state index contributed by atoms with van der Waals surface area (Å²) < 4.78 is 5.60. The van der Waals surface area contributed by atoms with E-state index in [-0.39, 0.29) is 5.38 Å². The van der Waals surface area contributed by atoms with Crippen molar-refractivity contribution in [1.82, 2.24) is 4.98 Å². The van der Waals surface area contributed by atoms with Crippen LogP contribution in [0, 0.1) is 6.92 Å². The van der Waals surface area contributed by atoms with Gasteiger partial charge >= 0.3 is 0 Å². The first kappa shape index (κ1) is 12.8. The van der Waals surface area contributed by atoms with Gasteiger partial charge in [-0.05, 0) is 44.2 Å². The van der Waals surface area contributed by atoms with E-state index in [9.17, 15) is 0 Å². The molecule has 0 bridgehead atoms. The fourth-order valence-electron chi connectivity index (χ4n) is 2.28. The van der Waals surface area contributed by atoms with Gasteiger partial charge in [0.15, 0.2) is 0 Å². The number of aryl methyl sites for hydroxylation is 1. The smallest absolute Gasteiger partial charge is 0.0576 e. The molecule has 94 valence electrons. The van der Waals surface area contributed by atoms with Crippen LogP contribution in [-0.4, -0.2) is 23.1 Å². The summed E-state index contributed by atoms with van der Waals surface area (Å²) in [7, 11) is 0. The highest BCUT2D eigenvalue weighted by molar-refractivity contribution is 6.20. The number of pyridine rings is 1. The van der Waals surface area contributed by atoms with Gasteiger partial charge in [0, 0.05) is 30.3 Å². The van der Waals surface area contributed by atoms with Crippen LogP contribution in [0.4, 0.5) is 0 Å². The predicted octanol–water partition coefficient (Wildman–Crippen LogP) is 3.50. The first-order valence-electron chi connectivity index (χ1n) is 6.42. The third kappa shape index (κ3) is 3.97. The molecule has 2 heterocycles. The van der Waals surface area contributed by atoms with Crippen molar-refractivity contribution < 1.29 is 4.74 Å². The van der Waals surface area contributed by atoms with Crippen LogP contribution in [0.1, 0.15) is 36.9 Å². The summed E-state index contributed by atoms with van der Waals surface area (Å²) in [5.41, 5.74) is 2.36. The van der Waals surface area contributed by atoms with Crippen LogP contribution in [0.25, 0.3) is 0 Å². The lowest BCUT2D eigenvalue weighted by atomic mass is 10.0. The molecule has 1 aliphatic heterocycles. The predicted molar refractivity (Wildman–Crippen MR) is 70.5 cm³/mol. The molecule has 1 aromatic rings. The van der Waals surface area contributed by atoms with Crippen LogP contribution < -0.4 is 0 Å². The van der Waals surface area contributed by atoms with Crippen molar-refractivity contribution in [1.29, 1.82) is 0 Å². The molecule has 2 unspecified atom stereocenters. The van der Waals surface area contributed by atoms with Crippen molar-refractivity contribution >= 4 is 11.6 Å². The van der Waals surface area contributed by atoms with Crippen LogP contribution in [0.3, 0.4) is 0 Å². The van der Waals surface area contributed by atoms with E-state index in [4.69, 9.17) is 16.3 Å². The Morgan fingerprint density at radius 2 is 2.47 bits per heavy atom. The van der Waals surface area contributed by atoms with Gasteiger partial charge in [0.05, 0.1) is 6.10 Å². The lowest BCUT2D eigenvalue weighted by Gasteiger charge is -2.13. The Balaban J connectivity index is 1.76. The van der Waals surface area contributed by atoms with Gasteiger partial charge < -0.3 is 4.74 Å². The first-order valence-corrected chi connectivity index (χ1v) is 6.85. The molecule has 2 atom stereocenters. The Bertz CT molecular complexity index is 350. The van der Waals surface area contributed by atoms with E-state index in [1.807, 2.05) is 12.3 Å². The molecule has 1 fully saturated rings. The lowest BCUT2D eigenvalue weighted by Crippen LogP contribution is -2.12. The SMILES string of the molecule is Cc1cccnc1CC(Cl)CCC1CCCO1. The molecule has 0 radical (unpaired) electrons. The van der Waals surface area contributed by atoms with Gasteiger partial charge in [-0.25, -0.2) is 0 Å². The average Bonchev–Trinajstić information content (AvgIpc) is 2.82. The molecule has 0 aliphatic carbocycles. The quantitative estimate of drug-likeness (QED) is 0.750. The maximum Gasteiger partial charge on any atom is 0.0576 e. The fourth-order valence-corrected chi connectivity index (χ4v) is 2.55. The third-order valence-corrected chi connectivity index (χ3v) is 3.73. The Hall–Kier alpha value is -0.600. The fraction of sp³-hybridized carbons (Fsp3) is 0.643. The second-order valence-electron chi connectivity index (χ2n) is 4.78. The summed E-state index contributed by atoms with van der Waals surface area (Å²) in [6, 6.07) is 4.06. The molecule has 0 aromatic carbocycles. The van der Waals surface area contributed by atoms with Gasteiger partial charge in [0.2, 0.25) is 0 Å². The van der Waals surface area contributed by atoms with Crippen molar-refractivity contribution in [3.8, 4) is 0 Å². The average molecular weight is 254 g/mol. The van der Waals surface area contributed by atoms with E-state index >= 15 is 0 Å². The van der Waals surface area contributed by atoms with E-state index < -0.39 is 0 Å². The highest BCUT2D eigenvalue weighted by Gasteiger charge is 2.17. The van der Waals surface area contributed by atoms with Crippen molar-refractivity contribution in [2.24, 2.45) is 0 Å². The topological polar surface area (TPSA) is 22.1 Å². The van der Waals surface area contributed by atoms with Gasteiger partial charge in [-0.3, -0.25) is 4.98 Å². The zero-order valence-corrected chi connectivity index (χ0v) is 11.1. The van der Waals surface area contributed by atoms with Crippen molar-refractivity contribution in [3.63, 3.8) is 0 Å². The number of aromatic nitrogens is 1. The third-order valence-electron chi connectivity index (χ3n) is 3.36. The summed E-state index contributed by atoms with van der Waals surface area (Å²) in [6.45, 7) is 3.02. The van der Waals surface area contributed by atoms with Gasteiger partial charge in [-0.1, -0.05) is 6.07 Å². The lowest BCUT2D eigenvalue weighted by molar-refractivity contribution is 0.102. The molecular formula is C14H20ClNO. The minimum absolute atomic E-state index is 0.174. The Morgan fingerprint density at radius 3 is 3.18 bits per heavy atom. The van der Waals surface area contributed by atoms with Gasteiger partial charge in [0.1, 0.15) is 0 Å². The molecule has 0 N–H and O–H groups in total. The highest BCUT2D eigenvalue weighted by atomic mass is 35.5. The normalized spacial score (nSPS) is 21.6. The summed E-state index contributed by atoms with van der Waals surface area (Å²) >= 11 is 6.37. The number of halogens is 1. The molecule has 0 spiro atoms. The summed E-state index contributed by atoms with van der Waals surface area (Å²) in [6.07, 6.45) is 7.65. The molecule has 1 saturated heterocycles. The van der Waals surface area contributed by atoms with E-state index in [2.05, 4.69) is 18.0 Å². The zero-order chi connectivity index (χ0) is 12.1. The number of ether oxygens (including phenoxy) is 1. The monoisotopic (exact) mass is 253 g/mol. The molecule has 1 aromatic heterocycles. The number of nitrogens with zero attached hydrogens (tertiary/aromatic N) is 1. The Kier molecular flexibility index (Phi) is 4.81. The molecule has 2 rings (SSSR count). The van der Waals surface area contributed by atoms with Crippen LogP contribution in [0.15, 0.2) is 18.3 Å². The minimum Gasteiger partial charge on any atom is -0.378 e. The van der Waals surface area contributed by atoms with Crippen molar-refractivity contribution in [2.75, 3.05) is 6.61 Å². The molecule has 0 amide bonds. The molecule has 1 aliphatic rings. The number of hydrogen-bond acceptors (Lipinski definition) is 2. The zero-order valence-electron chi connectivity index (χ0n) is 10.4. The summed E-state index contributed by atoms with van der Waals surface area (Å²) in [5, 5.41) is 0.174. The highest BCUT2D eigenvalue weighted by Crippen LogP contribution is 2.21. The Morgan fingerprint density at radius 1 is 1.59 bits per heavy atom. The van der Waals surface area contributed by atoms with E-state index in [0.717, 1.165) is 31.6 Å². The van der Waals surface area contributed by atoms with Gasteiger partial charge in [0.25, 0.3) is 0 Å². The number of rotatable bonds is 5. The summed E-state index contributed by atoms with van der Waals surface area (Å²) in [4.78, 5) is 4.38. The van der Waals surface area contributed by atoms with Gasteiger partial charge in [-0.15, -0.1) is 11.6 Å². The first-order chi connectivity index (χ1) is 8.25. The van der Waals surface area contributed by atoms with Crippen molar-refractivity contribution in [2.45, 2.75) is 50.5 Å². The number of alkyl halides is 1. The maximum atomic E-state index is 6.37. The van der Waals surface area contributed by atoms with E-state index in [1.54, 1.807) is 0 Å². The maximum absolute atomic E-state index is 6.37. The largest absolute Gasteiger partial charge is 0.378 e. The molecule has 2 nitrogen and oxygen atoms in total. The Labute approximate surface area is 108 Å². The van der Waals surface area contributed by atoms with Gasteiger partial charge in [-0.2, -0.15) is 0 Å². The van der Waals surface area contributed by atoms with Crippen LogP contribution in [-0.2, 0) is 11.2 Å². The summed E-state index contributed by atoms with van der Waals surface area (Å²) in [5.74, 6) is 0. The second-order valence-corrected chi connectivity index (χ2v) is 5.40. The molecular weight excluding hydrogens is 234 g/mol. The second kappa shape index (κ2) is 6.36. The van der Waals surface area contributed by atoms with E-state index in [0.29, 0.717) is 6.10 Å². The molecule has 17 heavy (non-hydrogen) atoms. The molecule has 3 heteroatoms. The standard InChI is InChI=1S/C14H20ClNO/c1-11-4-2-8-16-14(11)10-12(15)6-7-13-5-3-9-17-13/h2,4,8,12-13H,3,5-7,9-10H2,1H3. The minimum atomic E-state index is 0.174. The van der Waals surface area contributed by atoms with Crippen LogP contribution in [0.5, 0.6) is 0 Å². The van der Waals surface area contributed by atoms with Crippen LogP contribution in [0.2, 0.25) is 0 Å². The number of hydrogen-bond donors (Lipinski definition) is 0. The van der Waals surface area contributed by atoms with Crippen LogP contribution >= 0.6 is 11.6 Å². The van der Waals surface area contributed by atoms with E-state index in [1.165, 1.54) is 18.4 Å².